The van der Waals surface area contributed by atoms with E-state index in [2.05, 4.69) is 10.4 Å². The minimum Gasteiger partial charge on any atom is -0.462 e. The summed E-state index contributed by atoms with van der Waals surface area (Å²) in [6.45, 7) is 7.50. The van der Waals surface area contributed by atoms with Crippen molar-refractivity contribution in [2.75, 3.05) is 11.9 Å². The molecule has 0 radical (unpaired) electrons. The van der Waals surface area contributed by atoms with Gasteiger partial charge in [-0.1, -0.05) is 0 Å². The summed E-state index contributed by atoms with van der Waals surface area (Å²) < 4.78 is 8.38. The van der Waals surface area contributed by atoms with Gasteiger partial charge in [-0.25, -0.2) is 14.5 Å². The summed E-state index contributed by atoms with van der Waals surface area (Å²) >= 11 is 1.42. The first-order chi connectivity index (χ1) is 17.3. The van der Waals surface area contributed by atoms with E-state index in [-0.39, 0.29) is 18.1 Å². The van der Waals surface area contributed by atoms with Gasteiger partial charge in [0.15, 0.2) is 0 Å². The fourth-order valence-electron chi connectivity index (χ4n) is 5.23. The molecule has 190 valence electrons. The summed E-state index contributed by atoms with van der Waals surface area (Å²) in [6.07, 6.45) is 5.96. The maximum Gasteiger partial charge on any atom is 0.341 e. The number of fused-ring (bicyclic) bond motifs is 2. The van der Waals surface area contributed by atoms with Crippen LogP contribution in [-0.2, 0) is 35.2 Å². The highest BCUT2D eigenvalue weighted by atomic mass is 32.1. The molecule has 2 aliphatic carbocycles. The number of hydrogen-bond acceptors (Lipinski definition) is 7. The first-order valence-electron chi connectivity index (χ1n) is 12.6. The highest BCUT2D eigenvalue weighted by Gasteiger charge is 2.31. The monoisotopic (exact) mass is 509 g/mol. The van der Waals surface area contributed by atoms with Gasteiger partial charge in [-0.15, -0.1) is 11.3 Å². The van der Waals surface area contributed by atoms with Crippen molar-refractivity contribution in [2.24, 2.45) is 0 Å². The van der Waals surface area contributed by atoms with Gasteiger partial charge in [0, 0.05) is 16.1 Å². The lowest BCUT2D eigenvalue weighted by molar-refractivity contribution is -0.118. The lowest BCUT2D eigenvalue weighted by Gasteiger charge is -2.23. The molecule has 1 atom stereocenters. The molecule has 0 saturated carbocycles. The number of aryl methyl sites for hydroxylation is 4. The average Bonchev–Trinajstić information content (AvgIpc) is 3.52. The summed E-state index contributed by atoms with van der Waals surface area (Å²) in [5.74, 6) is -0.466. The normalized spacial score (nSPS) is 15.3. The largest absolute Gasteiger partial charge is 0.462 e. The Kier molecular flexibility index (Phi) is 6.55. The summed E-state index contributed by atoms with van der Waals surface area (Å²) in [5, 5.41) is 7.98. The zero-order chi connectivity index (χ0) is 25.6. The van der Waals surface area contributed by atoms with E-state index in [1.165, 1.54) is 15.9 Å². The number of carbonyl (C=O) groups is 2. The van der Waals surface area contributed by atoms with Gasteiger partial charge in [0.1, 0.15) is 11.0 Å². The van der Waals surface area contributed by atoms with Gasteiger partial charge in [-0.3, -0.25) is 14.2 Å². The van der Waals surface area contributed by atoms with Crippen molar-refractivity contribution in [3.05, 3.63) is 55.1 Å². The molecule has 1 amide bonds. The molecule has 0 spiro atoms. The van der Waals surface area contributed by atoms with E-state index in [4.69, 9.17) is 9.72 Å². The second-order valence-electron chi connectivity index (χ2n) is 9.51. The number of anilines is 1. The van der Waals surface area contributed by atoms with E-state index < -0.39 is 12.0 Å². The third-order valence-electron chi connectivity index (χ3n) is 6.97. The molecular formula is C26H31N5O4S. The van der Waals surface area contributed by atoms with E-state index in [9.17, 15) is 14.4 Å². The minimum absolute atomic E-state index is 0.204. The van der Waals surface area contributed by atoms with Crippen LogP contribution in [0.4, 0.5) is 5.00 Å². The Hall–Kier alpha value is -3.27. The molecule has 0 aliphatic heterocycles. The van der Waals surface area contributed by atoms with Crippen LogP contribution in [0.2, 0.25) is 0 Å². The molecule has 3 aromatic rings. The molecule has 3 aromatic heterocycles. The molecule has 0 fully saturated rings. The Balaban J connectivity index is 1.56. The van der Waals surface area contributed by atoms with E-state index in [1.807, 2.05) is 19.9 Å². The molecule has 0 saturated heterocycles. The molecule has 9 nitrogen and oxygen atoms in total. The zero-order valence-electron chi connectivity index (χ0n) is 21.1. The predicted octanol–water partition coefficient (Wildman–Crippen LogP) is 3.85. The smallest absolute Gasteiger partial charge is 0.341 e. The highest BCUT2D eigenvalue weighted by Crippen LogP contribution is 2.40. The summed E-state index contributed by atoms with van der Waals surface area (Å²) in [5.41, 5.74) is 4.31. The molecule has 1 unspecified atom stereocenters. The molecule has 2 aliphatic rings. The quantitative estimate of drug-likeness (QED) is 0.506. The molecule has 0 aromatic carbocycles. The first kappa shape index (κ1) is 24.4. The Morgan fingerprint density at radius 1 is 1.14 bits per heavy atom. The van der Waals surface area contributed by atoms with Crippen molar-refractivity contribution >= 4 is 28.2 Å². The van der Waals surface area contributed by atoms with Gasteiger partial charge < -0.3 is 10.1 Å². The van der Waals surface area contributed by atoms with Crippen LogP contribution >= 0.6 is 11.3 Å². The van der Waals surface area contributed by atoms with Crippen molar-refractivity contribution in [2.45, 2.75) is 78.7 Å². The van der Waals surface area contributed by atoms with Crippen LogP contribution in [0, 0.1) is 13.8 Å². The van der Waals surface area contributed by atoms with Crippen molar-refractivity contribution in [1.82, 2.24) is 19.3 Å². The highest BCUT2D eigenvalue weighted by molar-refractivity contribution is 7.17. The van der Waals surface area contributed by atoms with Gasteiger partial charge in [0.2, 0.25) is 11.9 Å². The molecule has 36 heavy (non-hydrogen) atoms. The number of nitrogens with zero attached hydrogens (tertiary/aromatic N) is 4. The van der Waals surface area contributed by atoms with Crippen molar-refractivity contribution in [1.29, 1.82) is 0 Å². The number of hydrogen-bond donors (Lipinski definition) is 1. The van der Waals surface area contributed by atoms with Gasteiger partial charge in [-0.2, -0.15) is 5.10 Å². The van der Waals surface area contributed by atoms with Crippen LogP contribution in [-0.4, -0.2) is 37.8 Å². The van der Waals surface area contributed by atoms with Gasteiger partial charge in [0.25, 0.3) is 5.56 Å². The number of ether oxygens (including phenoxy) is 1. The van der Waals surface area contributed by atoms with Crippen LogP contribution in [0.3, 0.4) is 0 Å². The maximum atomic E-state index is 13.7. The molecule has 5 rings (SSSR count). The topological polar surface area (TPSA) is 108 Å². The van der Waals surface area contributed by atoms with E-state index in [0.29, 0.717) is 28.5 Å². The lowest BCUT2D eigenvalue weighted by atomic mass is 9.97. The second-order valence-corrected chi connectivity index (χ2v) is 10.6. The predicted molar refractivity (Wildman–Crippen MR) is 137 cm³/mol. The first-order valence-corrected chi connectivity index (χ1v) is 13.4. The number of carbonyl (C=O) groups excluding carboxylic acids is 2. The minimum atomic E-state index is -0.872. The summed E-state index contributed by atoms with van der Waals surface area (Å²) in [4.78, 5) is 46.0. The maximum absolute atomic E-state index is 13.7. The van der Waals surface area contributed by atoms with Gasteiger partial charge in [-0.05, 0) is 84.3 Å². The standard InChI is InChI=1S/C26H31N5O4S/c1-5-35-25(34)21-18-10-8-12-20(18)36-23(21)28-22(32)16(4)30-24(33)17-9-6-7-11-19(17)27-26(30)31-15(3)13-14(2)29-31/h13,16H,5-12H2,1-4H3,(H,28,32). The Morgan fingerprint density at radius 3 is 2.61 bits per heavy atom. The molecular weight excluding hydrogens is 478 g/mol. The number of amides is 1. The van der Waals surface area contributed by atoms with Crippen molar-refractivity contribution < 1.29 is 14.3 Å². The van der Waals surface area contributed by atoms with Gasteiger partial charge in [0.05, 0.1) is 23.6 Å². The van der Waals surface area contributed by atoms with E-state index in [0.717, 1.165) is 66.0 Å². The number of aromatic nitrogens is 4. The zero-order valence-corrected chi connectivity index (χ0v) is 22.0. The van der Waals surface area contributed by atoms with E-state index in [1.54, 1.807) is 18.5 Å². The van der Waals surface area contributed by atoms with Crippen LogP contribution in [0.5, 0.6) is 0 Å². The SMILES string of the molecule is CCOC(=O)c1c(NC(=O)C(C)n2c(-n3nc(C)cc3C)nc3c(c2=O)CCCC3)sc2c1CCC2. The van der Waals surface area contributed by atoms with Crippen molar-refractivity contribution in [3.8, 4) is 5.95 Å². The number of nitrogens with one attached hydrogen (secondary N) is 1. The van der Waals surface area contributed by atoms with Crippen LogP contribution in [0.1, 0.15) is 82.6 Å². The Bertz CT molecular complexity index is 1420. The molecule has 10 heteroatoms. The van der Waals surface area contributed by atoms with Crippen molar-refractivity contribution in [3.63, 3.8) is 0 Å². The fourth-order valence-corrected chi connectivity index (χ4v) is 6.51. The fraction of sp³-hybridized carbons (Fsp3) is 0.500. The second kappa shape index (κ2) is 9.65. The van der Waals surface area contributed by atoms with Crippen LogP contribution < -0.4 is 10.9 Å². The molecule has 1 N–H and O–H groups in total. The summed E-state index contributed by atoms with van der Waals surface area (Å²) in [6, 6.07) is 1.04. The number of thiophene rings is 1. The van der Waals surface area contributed by atoms with Crippen LogP contribution in [0.25, 0.3) is 5.95 Å². The molecule has 0 bridgehead atoms. The number of esters is 1. The number of rotatable bonds is 6. The Morgan fingerprint density at radius 2 is 1.89 bits per heavy atom. The molecule has 3 heterocycles. The van der Waals surface area contributed by atoms with Gasteiger partial charge >= 0.3 is 5.97 Å². The summed E-state index contributed by atoms with van der Waals surface area (Å²) in [7, 11) is 0. The third kappa shape index (κ3) is 4.17. The van der Waals surface area contributed by atoms with Crippen LogP contribution in [0.15, 0.2) is 10.9 Å². The third-order valence-corrected chi connectivity index (χ3v) is 8.18. The van der Waals surface area contributed by atoms with E-state index >= 15 is 0 Å². The lowest BCUT2D eigenvalue weighted by Crippen LogP contribution is -2.38. The average molecular weight is 510 g/mol. The Labute approximate surface area is 213 Å².